The molecule has 42 heavy (non-hydrogen) atoms. The second-order valence-corrected chi connectivity index (χ2v) is 9.52. The molecule has 0 radical (unpaired) electrons. The first-order valence-corrected chi connectivity index (χ1v) is 13.5. The Kier molecular flexibility index (Phi) is 10.3. The lowest BCUT2D eigenvalue weighted by molar-refractivity contribution is -0.122. The molecular formula is C32H35N5O5. The van der Waals surface area contributed by atoms with Gasteiger partial charge in [0.05, 0.1) is 26.9 Å². The van der Waals surface area contributed by atoms with Crippen LogP contribution >= 0.6 is 0 Å². The zero-order valence-electron chi connectivity index (χ0n) is 24.1. The Morgan fingerprint density at radius 2 is 1.64 bits per heavy atom. The van der Waals surface area contributed by atoms with E-state index < -0.39 is 6.04 Å². The van der Waals surface area contributed by atoms with E-state index in [4.69, 9.17) is 14.2 Å². The molecule has 1 atom stereocenters. The molecule has 1 aromatic heterocycles. The van der Waals surface area contributed by atoms with Gasteiger partial charge in [0.15, 0.2) is 0 Å². The average Bonchev–Trinajstić information content (AvgIpc) is 3.03. The Morgan fingerprint density at radius 3 is 2.31 bits per heavy atom. The molecule has 0 unspecified atom stereocenters. The minimum absolute atomic E-state index is 0.213. The van der Waals surface area contributed by atoms with Crippen molar-refractivity contribution >= 4 is 17.5 Å². The predicted molar refractivity (Wildman–Crippen MR) is 161 cm³/mol. The van der Waals surface area contributed by atoms with E-state index in [9.17, 15) is 9.59 Å². The van der Waals surface area contributed by atoms with Crippen molar-refractivity contribution in [3.63, 3.8) is 0 Å². The second-order valence-electron chi connectivity index (χ2n) is 9.52. The normalized spacial score (nSPS) is 11.2. The SMILES string of the molecule is COc1ccc(NCCNC(=O)[C@H](Cc2ccc(-c3cnc(OC)nc3OC)cc2)NC(=O)c2cccc(C)c2)cc1. The van der Waals surface area contributed by atoms with E-state index in [1.807, 2.05) is 67.6 Å². The number of methoxy groups -OCH3 is 3. The predicted octanol–water partition coefficient (Wildman–Crippen LogP) is 4.05. The molecular weight excluding hydrogens is 534 g/mol. The third-order valence-corrected chi connectivity index (χ3v) is 6.56. The van der Waals surface area contributed by atoms with E-state index in [1.165, 1.54) is 14.2 Å². The molecule has 218 valence electrons. The number of carbonyl (C=O) groups is 2. The number of aromatic nitrogens is 2. The topological polar surface area (TPSA) is 124 Å². The number of anilines is 1. The molecule has 3 N–H and O–H groups in total. The second kappa shape index (κ2) is 14.5. The fourth-order valence-electron chi connectivity index (χ4n) is 4.32. The van der Waals surface area contributed by atoms with Crippen LogP contribution in [0.3, 0.4) is 0 Å². The number of hydrogen-bond donors (Lipinski definition) is 3. The number of ether oxygens (including phenoxy) is 3. The summed E-state index contributed by atoms with van der Waals surface area (Å²) in [5.74, 6) is 0.569. The summed E-state index contributed by atoms with van der Waals surface area (Å²) in [6, 6.07) is 21.8. The summed E-state index contributed by atoms with van der Waals surface area (Å²) in [5, 5.41) is 9.12. The first-order valence-electron chi connectivity index (χ1n) is 13.5. The molecule has 0 saturated carbocycles. The van der Waals surface area contributed by atoms with E-state index >= 15 is 0 Å². The Bertz CT molecular complexity index is 1490. The van der Waals surface area contributed by atoms with Crippen LogP contribution in [0.15, 0.2) is 79.0 Å². The molecule has 0 saturated heterocycles. The van der Waals surface area contributed by atoms with E-state index in [2.05, 4.69) is 25.9 Å². The molecule has 0 bridgehead atoms. The number of nitrogens with one attached hydrogen (secondary N) is 3. The van der Waals surface area contributed by atoms with E-state index in [1.54, 1.807) is 25.4 Å². The maximum absolute atomic E-state index is 13.3. The molecule has 4 rings (SSSR count). The fourth-order valence-corrected chi connectivity index (χ4v) is 4.32. The lowest BCUT2D eigenvalue weighted by Crippen LogP contribution is -2.48. The molecule has 3 aromatic carbocycles. The molecule has 0 spiro atoms. The number of hydrogen-bond acceptors (Lipinski definition) is 8. The Morgan fingerprint density at radius 1 is 0.881 bits per heavy atom. The van der Waals surface area contributed by atoms with E-state index in [0.29, 0.717) is 36.5 Å². The van der Waals surface area contributed by atoms with Crippen molar-refractivity contribution in [2.24, 2.45) is 0 Å². The van der Waals surface area contributed by atoms with Gasteiger partial charge in [0.1, 0.15) is 11.8 Å². The number of rotatable bonds is 13. The van der Waals surface area contributed by atoms with Crippen molar-refractivity contribution < 1.29 is 23.8 Å². The Balaban J connectivity index is 1.45. The van der Waals surface area contributed by atoms with Gasteiger partial charge in [0, 0.05) is 37.0 Å². The third kappa shape index (κ3) is 7.97. The van der Waals surface area contributed by atoms with E-state index in [-0.39, 0.29) is 17.8 Å². The maximum Gasteiger partial charge on any atom is 0.319 e. The highest BCUT2D eigenvalue weighted by atomic mass is 16.5. The highest BCUT2D eigenvalue weighted by Gasteiger charge is 2.22. The number of aryl methyl sites for hydroxylation is 1. The van der Waals surface area contributed by atoms with Crippen LogP contribution in [-0.2, 0) is 11.2 Å². The smallest absolute Gasteiger partial charge is 0.319 e. The van der Waals surface area contributed by atoms with Gasteiger partial charge in [-0.25, -0.2) is 4.98 Å². The quantitative estimate of drug-likeness (QED) is 0.206. The van der Waals surface area contributed by atoms with Crippen molar-refractivity contribution in [1.82, 2.24) is 20.6 Å². The van der Waals surface area contributed by atoms with Crippen LogP contribution in [0.1, 0.15) is 21.5 Å². The summed E-state index contributed by atoms with van der Waals surface area (Å²) in [4.78, 5) is 34.8. The molecule has 10 nitrogen and oxygen atoms in total. The molecule has 0 aliphatic carbocycles. The summed E-state index contributed by atoms with van der Waals surface area (Å²) in [6.07, 6.45) is 1.93. The van der Waals surface area contributed by atoms with Gasteiger partial charge in [-0.05, 0) is 54.4 Å². The molecule has 1 heterocycles. The first-order chi connectivity index (χ1) is 20.4. The summed E-state index contributed by atoms with van der Waals surface area (Å²) < 4.78 is 15.7. The highest BCUT2D eigenvalue weighted by Crippen LogP contribution is 2.29. The summed E-state index contributed by atoms with van der Waals surface area (Å²) in [6.45, 7) is 2.80. The van der Waals surface area contributed by atoms with Crippen LogP contribution in [0.4, 0.5) is 5.69 Å². The van der Waals surface area contributed by atoms with Gasteiger partial charge in [-0.2, -0.15) is 4.98 Å². The Labute approximate surface area is 245 Å². The number of amides is 2. The first kappa shape index (κ1) is 29.9. The van der Waals surface area contributed by atoms with Crippen LogP contribution in [0.2, 0.25) is 0 Å². The van der Waals surface area contributed by atoms with E-state index in [0.717, 1.165) is 28.1 Å². The fraction of sp³-hybridized carbons (Fsp3) is 0.250. The van der Waals surface area contributed by atoms with Crippen molar-refractivity contribution in [3.8, 4) is 28.8 Å². The summed E-state index contributed by atoms with van der Waals surface area (Å²) in [5.41, 5.74) is 4.78. The number of nitrogens with zero attached hydrogens (tertiary/aromatic N) is 2. The minimum Gasteiger partial charge on any atom is -0.497 e. The van der Waals surface area contributed by atoms with Crippen LogP contribution < -0.4 is 30.2 Å². The number of carbonyl (C=O) groups excluding carboxylic acids is 2. The zero-order chi connectivity index (χ0) is 29.9. The lowest BCUT2D eigenvalue weighted by atomic mass is 10.0. The standard InChI is InChI=1S/C32H35N5O5/c1-21-6-5-7-24(18-21)29(38)36-28(30(39)34-17-16-33-25-12-14-26(40-2)15-13-25)19-22-8-10-23(11-9-22)27-20-35-32(42-4)37-31(27)41-3/h5-15,18,20,28,33H,16-17,19H2,1-4H3,(H,34,39)(H,36,38)/t28-/m0/s1. The van der Waals surface area contributed by atoms with Gasteiger partial charge in [0.2, 0.25) is 11.8 Å². The molecule has 10 heteroatoms. The van der Waals surface area contributed by atoms with Crippen LogP contribution in [0.5, 0.6) is 17.6 Å². The Hall–Kier alpha value is -5.12. The minimum atomic E-state index is -0.788. The molecule has 0 aliphatic rings. The van der Waals surface area contributed by atoms with Crippen molar-refractivity contribution in [1.29, 1.82) is 0 Å². The molecule has 0 aliphatic heterocycles. The maximum atomic E-state index is 13.3. The van der Waals surface area contributed by atoms with Gasteiger partial charge in [-0.3, -0.25) is 9.59 Å². The van der Waals surface area contributed by atoms with Crippen molar-refractivity contribution in [2.75, 3.05) is 39.7 Å². The van der Waals surface area contributed by atoms with Crippen molar-refractivity contribution in [2.45, 2.75) is 19.4 Å². The van der Waals surface area contributed by atoms with Gasteiger partial charge < -0.3 is 30.2 Å². The van der Waals surface area contributed by atoms with Crippen LogP contribution in [0, 0.1) is 6.92 Å². The van der Waals surface area contributed by atoms with Gasteiger partial charge in [-0.15, -0.1) is 0 Å². The summed E-state index contributed by atoms with van der Waals surface area (Å²) >= 11 is 0. The molecule has 2 amide bonds. The van der Waals surface area contributed by atoms with Crippen LogP contribution in [0.25, 0.3) is 11.1 Å². The molecule has 4 aromatic rings. The summed E-state index contributed by atoms with van der Waals surface area (Å²) in [7, 11) is 4.64. The van der Waals surface area contributed by atoms with Gasteiger partial charge in [0.25, 0.3) is 5.91 Å². The van der Waals surface area contributed by atoms with Gasteiger partial charge >= 0.3 is 6.01 Å². The molecule has 0 fully saturated rings. The van der Waals surface area contributed by atoms with Crippen molar-refractivity contribution in [3.05, 3.63) is 95.7 Å². The van der Waals surface area contributed by atoms with Crippen LogP contribution in [-0.4, -0.2) is 62.2 Å². The highest BCUT2D eigenvalue weighted by molar-refractivity contribution is 5.97. The third-order valence-electron chi connectivity index (χ3n) is 6.56. The largest absolute Gasteiger partial charge is 0.497 e. The zero-order valence-corrected chi connectivity index (χ0v) is 24.1. The van der Waals surface area contributed by atoms with Gasteiger partial charge in [-0.1, -0.05) is 42.0 Å². The average molecular weight is 570 g/mol. The number of benzene rings is 3. The monoisotopic (exact) mass is 569 g/mol. The lowest BCUT2D eigenvalue weighted by Gasteiger charge is -2.19.